The van der Waals surface area contributed by atoms with Gasteiger partial charge in [0, 0.05) is 18.7 Å². The van der Waals surface area contributed by atoms with Crippen molar-refractivity contribution in [3.63, 3.8) is 0 Å². The van der Waals surface area contributed by atoms with E-state index in [1.165, 1.54) is 24.2 Å². The second-order valence-electron chi connectivity index (χ2n) is 6.34. The van der Waals surface area contributed by atoms with Crippen molar-refractivity contribution in [3.05, 3.63) is 28.8 Å². The van der Waals surface area contributed by atoms with Gasteiger partial charge < -0.3 is 4.90 Å². The summed E-state index contributed by atoms with van der Waals surface area (Å²) in [6.07, 6.45) is 8.30. The van der Waals surface area contributed by atoms with Gasteiger partial charge >= 0.3 is 0 Å². The minimum Gasteiger partial charge on any atom is -0.367 e. The third kappa shape index (κ3) is 5.38. The monoisotopic (exact) mass is 347 g/mol. The lowest BCUT2D eigenvalue weighted by Crippen LogP contribution is -2.28. The van der Waals surface area contributed by atoms with E-state index in [0.29, 0.717) is 19.5 Å². The second kappa shape index (κ2) is 10.6. The Labute approximate surface area is 143 Å². The van der Waals surface area contributed by atoms with E-state index in [1.807, 2.05) is 6.92 Å². The molecular weight excluding hydrogens is 318 g/mol. The SMILES string of the molecule is CCCCCCCCCN(CCC)c1c(F)c(C)c(F)c(F)c1F. The summed E-state index contributed by atoms with van der Waals surface area (Å²) < 4.78 is 55.5. The summed E-state index contributed by atoms with van der Waals surface area (Å²) in [6, 6.07) is 0. The highest BCUT2D eigenvalue weighted by molar-refractivity contribution is 5.52. The van der Waals surface area contributed by atoms with Crippen LogP contribution in [0.4, 0.5) is 23.2 Å². The Hall–Kier alpha value is -1.26. The van der Waals surface area contributed by atoms with E-state index in [0.717, 1.165) is 32.6 Å². The zero-order valence-corrected chi connectivity index (χ0v) is 15.0. The fraction of sp³-hybridized carbons (Fsp3) is 0.684. The fourth-order valence-electron chi connectivity index (χ4n) is 2.88. The van der Waals surface area contributed by atoms with Crippen molar-refractivity contribution in [2.45, 2.75) is 72.1 Å². The number of halogens is 4. The predicted octanol–water partition coefficient (Wildman–Crippen LogP) is 6.52. The average Bonchev–Trinajstić information content (AvgIpc) is 2.57. The third-order valence-electron chi connectivity index (χ3n) is 4.30. The molecule has 0 N–H and O–H groups in total. The summed E-state index contributed by atoms with van der Waals surface area (Å²) in [5, 5.41) is 0. The summed E-state index contributed by atoms with van der Waals surface area (Å²) in [7, 11) is 0. The maximum absolute atomic E-state index is 14.3. The molecule has 0 fully saturated rings. The van der Waals surface area contributed by atoms with Crippen LogP contribution in [0, 0.1) is 30.2 Å². The second-order valence-corrected chi connectivity index (χ2v) is 6.34. The van der Waals surface area contributed by atoms with Gasteiger partial charge in [0.15, 0.2) is 23.3 Å². The van der Waals surface area contributed by atoms with E-state index < -0.39 is 34.5 Å². The lowest BCUT2D eigenvalue weighted by atomic mass is 10.1. The lowest BCUT2D eigenvalue weighted by Gasteiger charge is -2.26. The molecule has 1 nitrogen and oxygen atoms in total. The highest BCUT2D eigenvalue weighted by atomic mass is 19.2. The van der Waals surface area contributed by atoms with Gasteiger partial charge in [-0.25, -0.2) is 17.6 Å². The van der Waals surface area contributed by atoms with Crippen molar-refractivity contribution in [2.75, 3.05) is 18.0 Å². The van der Waals surface area contributed by atoms with Crippen LogP contribution in [0.25, 0.3) is 0 Å². The molecular formula is C19H29F4N. The Bertz CT molecular complexity index is 488. The van der Waals surface area contributed by atoms with Crippen molar-refractivity contribution in [1.82, 2.24) is 0 Å². The normalized spacial score (nSPS) is 11.1. The zero-order valence-electron chi connectivity index (χ0n) is 15.0. The number of anilines is 1. The number of benzene rings is 1. The van der Waals surface area contributed by atoms with Crippen LogP contribution in [-0.4, -0.2) is 13.1 Å². The Morgan fingerprint density at radius 1 is 0.625 bits per heavy atom. The first kappa shape index (κ1) is 20.8. The van der Waals surface area contributed by atoms with Gasteiger partial charge in [-0.3, -0.25) is 0 Å². The first-order valence-electron chi connectivity index (χ1n) is 9.03. The topological polar surface area (TPSA) is 3.24 Å². The van der Waals surface area contributed by atoms with Gasteiger partial charge in [-0.1, -0.05) is 52.4 Å². The van der Waals surface area contributed by atoms with E-state index in [1.54, 1.807) is 0 Å². The van der Waals surface area contributed by atoms with Gasteiger partial charge in [0.2, 0.25) is 0 Å². The molecule has 5 heteroatoms. The number of rotatable bonds is 11. The molecule has 0 aliphatic heterocycles. The number of nitrogens with zero attached hydrogens (tertiary/aromatic N) is 1. The van der Waals surface area contributed by atoms with Crippen LogP contribution in [0.3, 0.4) is 0 Å². The van der Waals surface area contributed by atoms with Crippen molar-refractivity contribution < 1.29 is 17.6 Å². The van der Waals surface area contributed by atoms with Crippen LogP contribution in [0.15, 0.2) is 0 Å². The summed E-state index contributed by atoms with van der Waals surface area (Å²) in [4.78, 5) is 1.51. The molecule has 0 radical (unpaired) electrons. The maximum Gasteiger partial charge on any atom is 0.197 e. The molecule has 0 spiro atoms. The van der Waals surface area contributed by atoms with Crippen LogP contribution in [0.2, 0.25) is 0 Å². The molecule has 1 rings (SSSR count). The number of unbranched alkanes of at least 4 members (excludes halogenated alkanes) is 6. The molecule has 0 aliphatic carbocycles. The molecule has 0 atom stereocenters. The first-order valence-corrected chi connectivity index (χ1v) is 9.03. The van der Waals surface area contributed by atoms with E-state index >= 15 is 0 Å². The van der Waals surface area contributed by atoms with Crippen LogP contribution >= 0.6 is 0 Å². The Kier molecular flexibility index (Phi) is 9.16. The van der Waals surface area contributed by atoms with Crippen molar-refractivity contribution in [1.29, 1.82) is 0 Å². The number of hydrogen-bond donors (Lipinski definition) is 0. The molecule has 24 heavy (non-hydrogen) atoms. The Morgan fingerprint density at radius 2 is 1.21 bits per heavy atom. The van der Waals surface area contributed by atoms with E-state index in [-0.39, 0.29) is 0 Å². The van der Waals surface area contributed by atoms with Crippen molar-refractivity contribution in [3.8, 4) is 0 Å². The van der Waals surface area contributed by atoms with Gasteiger partial charge in [0.25, 0.3) is 0 Å². The lowest BCUT2D eigenvalue weighted by molar-refractivity contribution is 0.426. The van der Waals surface area contributed by atoms with Crippen LogP contribution in [0.5, 0.6) is 0 Å². The minimum absolute atomic E-state index is 0.411. The molecule has 0 unspecified atom stereocenters. The Balaban J connectivity index is 2.75. The van der Waals surface area contributed by atoms with Gasteiger partial charge in [-0.2, -0.15) is 0 Å². The molecule has 0 aliphatic rings. The minimum atomic E-state index is -1.59. The molecule has 0 aromatic heterocycles. The largest absolute Gasteiger partial charge is 0.367 e. The van der Waals surface area contributed by atoms with Gasteiger partial charge in [-0.15, -0.1) is 0 Å². The van der Waals surface area contributed by atoms with E-state index in [4.69, 9.17) is 0 Å². The van der Waals surface area contributed by atoms with Gasteiger partial charge in [0.05, 0.1) is 0 Å². The summed E-state index contributed by atoms with van der Waals surface area (Å²) >= 11 is 0. The Morgan fingerprint density at radius 3 is 1.79 bits per heavy atom. The summed E-state index contributed by atoms with van der Waals surface area (Å²) in [5.41, 5.74) is -0.899. The maximum atomic E-state index is 14.3. The predicted molar refractivity (Wildman–Crippen MR) is 91.5 cm³/mol. The molecule has 138 valence electrons. The number of hydrogen-bond acceptors (Lipinski definition) is 1. The highest BCUT2D eigenvalue weighted by Crippen LogP contribution is 2.31. The molecule has 0 saturated heterocycles. The molecule has 0 bridgehead atoms. The van der Waals surface area contributed by atoms with Gasteiger partial charge in [0.1, 0.15) is 5.69 Å². The van der Waals surface area contributed by atoms with Crippen LogP contribution in [-0.2, 0) is 0 Å². The summed E-state index contributed by atoms with van der Waals surface area (Å²) in [5.74, 6) is -5.46. The molecule has 1 aromatic carbocycles. The first-order chi connectivity index (χ1) is 11.5. The molecule has 1 aromatic rings. The average molecular weight is 347 g/mol. The quantitative estimate of drug-likeness (QED) is 0.191. The zero-order chi connectivity index (χ0) is 18.1. The van der Waals surface area contributed by atoms with Crippen molar-refractivity contribution in [2.24, 2.45) is 0 Å². The molecule has 0 heterocycles. The standard InChI is InChI=1S/C19H29F4N/c1-4-6-7-8-9-10-11-13-24(12-5-2)19-16(21)14(3)15(20)17(22)18(19)23/h4-13H2,1-3H3. The van der Waals surface area contributed by atoms with E-state index in [9.17, 15) is 17.6 Å². The van der Waals surface area contributed by atoms with Crippen LogP contribution in [0.1, 0.15) is 70.8 Å². The highest BCUT2D eigenvalue weighted by Gasteiger charge is 2.26. The molecule has 0 amide bonds. The van der Waals surface area contributed by atoms with Crippen molar-refractivity contribution >= 4 is 5.69 Å². The van der Waals surface area contributed by atoms with E-state index in [2.05, 4.69) is 6.92 Å². The smallest absolute Gasteiger partial charge is 0.197 e. The fourth-order valence-corrected chi connectivity index (χ4v) is 2.88. The third-order valence-corrected chi connectivity index (χ3v) is 4.30. The van der Waals surface area contributed by atoms with Gasteiger partial charge in [-0.05, 0) is 19.8 Å². The molecule has 0 saturated carbocycles. The summed E-state index contributed by atoms with van der Waals surface area (Å²) in [6.45, 7) is 6.04. The van der Waals surface area contributed by atoms with Crippen LogP contribution < -0.4 is 4.90 Å².